The van der Waals surface area contributed by atoms with Crippen LogP contribution in [0.1, 0.15) is 26.5 Å². The normalized spacial score (nSPS) is 10.6. The van der Waals surface area contributed by atoms with Gasteiger partial charge in [0.15, 0.2) is 0 Å². The van der Waals surface area contributed by atoms with Gasteiger partial charge in [-0.15, -0.1) is 11.3 Å². The summed E-state index contributed by atoms with van der Waals surface area (Å²) >= 11 is 1.37. The molecule has 0 spiro atoms. The summed E-state index contributed by atoms with van der Waals surface area (Å²) in [6.45, 7) is 1.64. The number of carbonyl (C=O) groups excluding carboxylic acids is 2. The lowest BCUT2D eigenvalue weighted by Crippen LogP contribution is -2.35. The Kier molecular flexibility index (Phi) is 4.13. The smallest absolute Gasteiger partial charge is 0.337 e. The number of hydrogen-bond donors (Lipinski definition) is 1. The number of fused-ring (bicyclic) bond motifs is 1. The molecule has 3 rings (SSSR count). The van der Waals surface area contributed by atoms with Crippen molar-refractivity contribution in [2.45, 2.75) is 6.92 Å². The van der Waals surface area contributed by atoms with E-state index in [1.807, 2.05) is 0 Å². The van der Waals surface area contributed by atoms with Gasteiger partial charge in [0.05, 0.1) is 18.1 Å². The number of benzene rings is 1. The first-order valence-corrected chi connectivity index (χ1v) is 7.86. The minimum atomic E-state index is -0.485. The molecule has 0 aliphatic rings. The number of aromatic nitrogens is 2. The summed E-state index contributed by atoms with van der Waals surface area (Å²) < 4.78 is 5.72. The largest absolute Gasteiger partial charge is 0.465 e. The summed E-state index contributed by atoms with van der Waals surface area (Å²) in [6, 6.07) is 7.60. The standard InChI is InChI=1S/C16H13N3O4S/c1-9-17-14-12(7-8-24-14)15(21)19(9)18-13(20)10-3-5-11(6-4-10)16(22)23-2/h3-8H,1-2H3,(H,18,20). The van der Waals surface area contributed by atoms with E-state index >= 15 is 0 Å². The van der Waals surface area contributed by atoms with Crippen molar-refractivity contribution in [3.8, 4) is 0 Å². The van der Waals surface area contributed by atoms with Crippen LogP contribution < -0.4 is 11.0 Å². The molecule has 1 amide bonds. The van der Waals surface area contributed by atoms with Crippen LogP contribution >= 0.6 is 11.3 Å². The van der Waals surface area contributed by atoms with E-state index in [2.05, 4.69) is 15.1 Å². The summed E-state index contributed by atoms with van der Waals surface area (Å²) in [5, 5.41) is 2.22. The quantitative estimate of drug-likeness (QED) is 0.734. The molecule has 122 valence electrons. The average Bonchev–Trinajstić information content (AvgIpc) is 3.06. The van der Waals surface area contributed by atoms with Crippen LogP contribution in [0.5, 0.6) is 0 Å². The third kappa shape index (κ3) is 2.79. The molecule has 0 atom stereocenters. The number of amides is 1. The molecule has 8 heteroatoms. The van der Waals surface area contributed by atoms with Gasteiger partial charge < -0.3 is 4.74 Å². The van der Waals surface area contributed by atoms with Crippen molar-refractivity contribution >= 4 is 33.4 Å². The molecule has 0 saturated heterocycles. The van der Waals surface area contributed by atoms with Gasteiger partial charge in [-0.05, 0) is 42.6 Å². The van der Waals surface area contributed by atoms with Gasteiger partial charge in [0.1, 0.15) is 10.7 Å². The number of rotatable bonds is 3. The van der Waals surface area contributed by atoms with Crippen LogP contribution in [-0.2, 0) is 4.74 Å². The highest BCUT2D eigenvalue weighted by Gasteiger charge is 2.13. The monoisotopic (exact) mass is 343 g/mol. The Bertz CT molecular complexity index is 989. The maximum absolute atomic E-state index is 12.4. The van der Waals surface area contributed by atoms with Crippen molar-refractivity contribution in [1.29, 1.82) is 0 Å². The van der Waals surface area contributed by atoms with E-state index in [-0.39, 0.29) is 5.56 Å². The number of carbonyl (C=O) groups is 2. The van der Waals surface area contributed by atoms with E-state index in [9.17, 15) is 14.4 Å². The van der Waals surface area contributed by atoms with Gasteiger partial charge in [0.2, 0.25) is 0 Å². The molecule has 24 heavy (non-hydrogen) atoms. The summed E-state index contributed by atoms with van der Waals surface area (Å²) in [4.78, 5) is 41.1. The Morgan fingerprint density at radius 1 is 1.17 bits per heavy atom. The first-order chi connectivity index (χ1) is 11.5. The SMILES string of the molecule is COC(=O)c1ccc(C(=O)Nn2c(C)nc3sccc3c2=O)cc1. The van der Waals surface area contributed by atoms with Crippen LogP contribution in [0.25, 0.3) is 10.2 Å². The molecular weight excluding hydrogens is 330 g/mol. The number of methoxy groups -OCH3 is 1. The van der Waals surface area contributed by atoms with Crippen molar-refractivity contribution in [3.05, 3.63) is 63.0 Å². The molecule has 1 aromatic carbocycles. The first kappa shape index (κ1) is 15.9. The Balaban J connectivity index is 1.90. The van der Waals surface area contributed by atoms with Crippen LogP contribution in [0.4, 0.5) is 0 Å². The Hall–Kier alpha value is -3.00. The second-order valence-electron chi connectivity index (χ2n) is 4.95. The van der Waals surface area contributed by atoms with Crippen molar-refractivity contribution in [3.63, 3.8) is 0 Å². The van der Waals surface area contributed by atoms with E-state index in [1.165, 1.54) is 42.7 Å². The minimum absolute atomic E-state index is 0.305. The molecule has 7 nitrogen and oxygen atoms in total. The number of ether oxygens (including phenoxy) is 1. The summed E-state index contributed by atoms with van der Waals surface area (Å²) in [7, 11) is 1.28. The van der Waals surface area contributed by atoms with Crippen LogP contribution in [0.15, 0.2) is 40.5 Å². The molecular formula is C16H13N3O4S. The molecule has 0 radical (unpaired) electrons. The second kappa shape index (κ2) is 6.25. The third-order valence-corrected chi connectivity index (χ3v) is 4.25. The molecule has 0 aliphatic carbocycles. The molecule has 0 unspecified atom stereocenters. The summed E-state index contributed by atoms with van der Waals surface area (Å²) in [5.41, 5.74) is 2.84. The molecule has 0 fully saturated rings. The fraction of sp³-hybridized carbons (Fsp3) is 0.125. The van der Waals surface area contributed by atoms with Crippen molar-refractivity contribution < 1.29 is 14.3 Å². The van der Waals surface area contributed by atoms with Crippen molar-refractivity contribution in [2.75, 3.05) is 12.5 Å². The van der Waals surface area contributed by atoms with E-state index in [0.29, 0.717) is 27.2 Å². The minimum Gasteiger partial charge on any atom is -0.465 e. The van der Waals surface area contributed by atoms with Gasteiger partial charge in [0, 0.05) is 5.56 Å². The second-order valence-corrected chi connectivity index (χ2v) is 5.84. The zero-order chi connectivity index (χ0) is 17.3. The Morgan fingerprint density at radius 3 is 2.50 bits per heavy atom. The Labute approximate surface area is 140 Å². The van der Waals surface area contributed by atoms with E-state index in [1.54, 1.807) is 18.4 Å². The van der Waals surface area contributed by atoms with E-state index in [4.69, 9.17) is 0 Å². The van der Waals surface area contributed by atoms with Gasteiger partial charge in [0.25, 0.3) is 11.5 Å². The van der Waals surface area contributed by atoms with Gasteiger partial charge in [-0.25, -0.2) is 14.5 Å². The number of nitrogens with one attached hydrogen (secondary N) is 1. The lowest BCUT2D eigenvalue weighted by Gasteiger charge is -2.11. The highest BCUT2D eigenvalue weighted by molar-refractivity contribution is 7.16. The molecule has 0 saturated carbocycles. The van der Waals surface area contributed by atoms with Crippen LogP contribution in [0.2, 0.25) is 0 Å². The molecule has 2 heterocycles. The fourth-order valence-electron chi connectivity index (χ4n) is 2.19. The number of aryl methyl sites for hydroxylation is 1. The number of nitrogens with zero attached hydrogens (tertiary/aromatic N) is 2. The Morgan fingerprint density at radius 2 is 1.83 bits per heavy atom. The lowest BCUT2D eigenvalue weighted by molar-refractivity contribution is 0.0600. The predicted molar refractivity (Wildman–Crippen MR) is 90.1 cm³/mol. The van der Waals surface area contributed by atoms with Crippen LogP contribution in [0, 0.1) is 6.92 Å². The van der Waals surface area contributed by atoms with E-state index < -0.39 is 11.9 Å². The number of thiophene rings is 1. The van der Waals surface area contributed by atoms with Gasteiger partial charge >= 0.3 is 5.97 Å². The maximum atomic E-state index is 12.4. The topological polar surface area (TPSA) is 90.3 Å². The highest BCUT2D eigenvalue weighted by atomic mass is 32.1. The summed E-state index contributed by atoms with van der Waals surface area (Å²) in [5.74, 6) is -0.580. The molecule has 0 bridgehead atoms. The third-order valence-electron chi connectivity index (χ3n) is 3.45. The first-order valence-electron chi connectivity index (χ1n) is 6.98. The average molecular weight is 343 g/mol. The zero-order valence-corrected chi connectivity index (χ0v) is 13.7. The number of esters is 1. The summed E-state index contributed by atoms with van der Waals surface area (Å²) in [6.07, 6.45) is 0. The maximum Gasteiger partial charge on any atom is 0.337 e. The van der Waals surface area contributed by atoms with Gasteiger partial charge in [-0.3, -0.25) is 15.0 Å². The fourth-order valence-corrected chi connectivity index (χ4v) is 2.99. The van der Waals surface area contributed by atoms with Crippen LogP contribution in [-0.4, -0.2) is 28.6 Å². The van der Waals surface area contributed by atoms with Crippen LogP contribution in [0.3, 0.4) is 0 Å². The molecule has 2 aromatic heterocycles. The van der Waals surface area contributed by atoms with Crippen molar-refractivity contribution in [1.82, 2.24) is 9.66 Å². The predicted octanol–water partition coefficient (Wildman–Crippen LogP) is 1.94. The molecule has 3 aromatic rings. The molecule has 0 aliphatic heterocycles. The lowest BCUT2D eigenvalue weighted by atomic mass is 10.1. The van der Waals surface area contributed by atoms with Crippen molar-refractivity contribution in [2.24, 2.45) is 0 Å². The zero-order valence-electron chi connectivity index (χ0n) is 12.9. The number of hydrogen-bond acceptors (Lipinski definition) is 6. The van der Waals surface area contributed by atoms with E-state index in [0.717, 1.165) is 4.68 Å². The highest BCUT2D eigenvalue weighted by Crippen LogP contribution is 2.14. The van der Waals surface area contributed by atoms with Gasteiger partial charge in [-0.2, -0.15) is 0 Å². The molecule has 1 N–H and O–H groups in total. The van der Waals surface area contributed by atoms with Gasteiger partial charge in [-0.1, -0.05) is 0 Å².